The van der Waals surface area contributed by atoms with Gasteiger partial charge in [0.2, 0.25) is 0 Å². The number of amides is 1. The number of hydrogen-bond donors (Lipinski definition) is 1. The number of aryl methyl sites for hydroxylation is 2. The third-order valence-electron chi connectivity index (χ3n) is 4.88. The van der Waals surface area contributed by atoms with E-state index in [4.69, 9.17) is 16.3 Å². The third kappa shape index (κ3) is 4.62. The number of anilines is 1. The number of carbonyl (C=O) groups excluding carboxylic acids is 1. The molecule has 1 aliphatic heterocycles. The van der Waals surface area contributed by atoms with Crippen LogP contribution in [0.5, 0.6) is 0 Å². The van der Waals surface area contributed by atoms with Crippen LogP contribution in [0.2, 0.25) is 5.02 Å². The smallest absolute Gasteiger partial charge is 0.266 e. The molecule has 1 aromatic carbocycles. The molecule has 0 bridgehead atoms. The summed E-state index contributed by atoms with van der Waals surface area (Å²) in [6, 6.07) is 8.05. The largest absolute Gasteiger partial charge is 0.378 e. The van der Waals surface area contributed by atoms with E-state index >= 15 is 0 Å². The first kappa shape index (κ1) is 21.8. The minimum Gasteiger partial charge on any atom is -0.378 e. The van der Waals surface area contributed by atoms with E-state index in [1.54, 1.807) is 47.7 Å². The van der Waals surface area contributed by atoms with Crippen LogP contribution in [0.4, 0.5) is 5.69 Å². The molecular formula is C20H21ClN4O4S2. The Morgan fingerprint density at radius 1 is 1.26 bits per heavy atom. The van der Waals surface area contributed by atoms with Crippen molar-refractivity contribution in [3.63, 3.8) is 0 Å². The molecule has 1 N–H and O–H groups in total. The van der Waals surface area contributed by atoms with Gasteiger partial charge < -0.3 is 14.2 Å². The molecule has 1 aliphatic rings. The zero-order valence-electron chi connectivity index (χ0n) is 17.0. The summed E-state index contributed by atoms with van der Waals surface area (Å²) in [6.45, 7) is 3.93. The molecule has 11 heteroatoms. The minimum atomic E-state index is -3.82. The molecule has 31 heavy (non-hydrogen) atoms. The molecule has 164 valence electrons. The van der Waals surface area contributed by atoms with Crippen LogP contribution in [0.1, 0.15) is 15.4 Å². The lowest BCUT2D eigenvalue weighted by molar-refractivity contribution is 0.0305. The zero-order chi connectivity index (χ0) is 22.2. The average Bonchev–Trinajstić information content (AvgIpc) is 3.31. The van der Waals surface area contributed by atoms with Gasteiger partial charge in [0.15, 0.2) is 0 Å². The van der Waals surface area contributed by atoms with E-state index in [2.05, 4.69) is 9.71 Å². The fourth-order valence-electron chi connectivity index (χ4n) is 3.27. The van der Waals surface area contributed by atoms with Crippen molar-refractivity contribution in [2.45, 2.75) is 11.8 Å². The normalized spacial score (nSPS) is 14.6. The van der Waals surface area contributed by atoms with Gasteiger partial charge in [-0.15, -0.1) is 11.3 Å². The van der Waals surface area contributed by atoms with Gasteiger partial charge in [-0.3, -0.25) is 9.52 Å². The Kier molecular flexibility index (Phi) is 6.07. The zero-order valence-corrected chi connectivity index (χ0v) is 19.4. The van der Waals surface area contributed by atoms with Crippen molar-refractivity contribution in [2.75, 3.05) is 31.0 Å². The second-order valence-corrected chi connectivity index (χ2v) is 10.2. The maximum Gasteiger partial charge on any atom is 0.266 e. The lowest BCUT2D eigenvalue weighted by Gasteiger charge is -2.26. The number of benzene rings is 1. The highest BCUT2D eigenvalue weighted by atomic mass is 35.5. The molecule has 0 unspecified atom stereocenters. The quantitative estimate of drug-likeness (QED) is 0.604. The van der Waals surface area contributed by atoms with E-state index in [1.807, 2.05) is 0 Å². The number of nitrogens with one attached hydrogen (secondary N) is 1. The van der Waals surface area contributed by atoms with Gasteiger partial charge in [0.05, 0.1) is 30.3 Å². The van der Waals surface area contributed by atoms with Gasteiger partial charge in [0.1, 0.15) is 14.8 Å². The molecular weight excluding hydrogens is 460 g/mol. The first-order valence-electron chi connectivity index (χ1n) is 9.54. The summed E-state index contributed by atoms with van der Waals surface area (Å²) in [4.78, 5) is 19.8. The molecule has 1 fully saturated rings. The number of aromatic nitrogens is 2. The number of hydrogen-bond acceptors (Lipinski definition) is 6. The van der Waals surface area contributed by atoms with Crippen LogP contribution in [-0.2, 0) is 21.8 Å². The van der Waals surface area contributed by atoms with Gasteiger partial charge in [0.25, 0.3) is 15.9 Å². The average molecular weight is 481 g/mol. The molecule has 2 aromatic heterocycles. The van der Waals surface area contributed by atoms with E-state index in [9.17, 15) is 13.2 Å². The molecule has 0 spiro atoms. The molecule has 0 saturated carbocycles. The first-order chi connectivity index (χ1) is 14.7. The van der Waals surface area contributed by atoms with Crippen LogP contribution < -0.4 is 4.72 Å². The van der Waals surface area contributed by atoms with Crippen molar-refractivity contribution >= 4 is 44.6 Å². The Hall–Kier alpha value is -2.40. The maximum atomic E-state index is 12.9. The highest BCUT2D eigenvalue weighted by Gasteiger charge is 2.25. The van der Waals surface area contributed by atoms with Crippen LogP contribution in [0.3, 0.4) is 0 Å². The van der Waals surface area contributed by atoms with E-state index in [-0.39, 0.29) is 10.8 Å². The van der Waals surface area contributed by atoms with Crippen molar-refractivity contribution in [2.24, 2.45) is 7.05 Å². The van der Waals surface area contributed by atoms with Crippen molar-refractivity contribution in [1.82, 2.24) is 14.5 Å². The number of ether oxygens (including phenoxy) is 1. The molecule has 8 nitrogen and oxygen atoms in total. The highest BCUT2D eigenvalue weighted by Crippen LogP contribution is 2.31. The highest BCUT2D eigenvalue weighted by molar-refractivity contribution is 7.92. The summed E-state index contributed by atoms with van der Waals surface area (Å²) < 4.78 is 35.2. The number of thiazole rings is 1. The fraction of sp³-hybridized carbons (Fsp3) is 0.300. The topological polar surface area (TPSA) is 93.5 Å². The number of carbonyl (C=O) groups is 1. The Morgan fingerprint density at radius 3 is 2.71 bits per heavy atom. The number of nitrogens with zero attached hydrogens (tertiary/aromatic N) is 3. The summed E-state index contributed by atoms with van der Waals surface area (Å²) in [7, 11) is -2.07. The summed E-state index contributed by atoms with van der Waals surface area (Å²) >= 11 is 7.21. The molecule has 0 atom stereocenters. The van der Waals surface area contributed by atoms with E-state index in [1.165, 1.54) is 23.6 Å². The van der Waals surface area contributed by atoms with Crippen molar-refractivity contribution in [1.29, 1.82) is 0 Å². The summed E-state index contributed by atoms with van der Waals surface area (Å²) in [5.41, 5.74) is 1.61. The van der Waals surface area contributed by atoms with E-state index in [0.717, 1.165) is 0 Å². The van der Waals surface area contributed by atoms with Crippen molar-refractivity contribution in [3.8, 4) is 10.7 Å². The molecule has 1 amide bonds. The second-order valence-electron chi connectivity index (χ2n) is 7.13. The number of rotatable bonds is 5. The van der Waals surface area contributed by atoms with Gasteiger partial charge >= 0.3 is 0 Å². The predicted octanol–water partition coefficient (Wildman–Crippen LogP) is 3.38. The summed E-state index contributed by atoms with van der Waals surface area (Å²) in [5.74, 6) is -0.0748. The molecule has 3 aromatic rings. The van der Waals surface area contributed by atoms with Crippen LogP contribution in [0.25, 0.3) is 10.7 Å². The van der Waals surface area contributed by atoms with Gasteiger partial charge in [0, 0.05) is 31.4 Å². The second kappa shape index (κ2) is 8.62. The summed E-state index contributed by atoms with van der Waals surface area (Å²) in [5, 5.41) is 1.02. The Labute approximate surface area is 189 Å². The summed E-state index contributed by atoms with van der Waals surface area (Å²) in [6.07, 6.45) is 1.52. The first-order valence-corrected chi connectivity index (χ1v) is 12.2. The lowest BCUT2D eigenvalue weighted by atomic mass is 10.3. The Balaban J connectivity index is 1.61. The van der Waals surface area contributed by atoms with Gasteiger partial charge in [-0.1, -0.05) is 17.7 Å². The standard InChI is InChI=1S/C20H21ClN4O4S2/c1-13-18(20(26)25-6-8-29-9-7-25)30-19(22-13)17-11-16(12-24(17)2)31(27,28)23-15-5-3-4-14(21)10-15/h3-5,10-12,23H,6-9H2,1-2H3. The number of halogens is 1. The number of morpholine rings is 1. The van der Waals surface area contributed by atoms with Gasteiger partial charge in [-0.05, 0) is 31.2 Å². The Morgan fingerprint density at radius 2 is 2.00 bits per heavy atom. The van der Waals surface area contributed by atoms with E-state index < -0.39 is 10.0 Å². The monoisotopic (exact) mass is 480 g/mol. The molecule has 1 saturated heterocycles. The molecule has 0 aliphatic carbocycles. The Bertz CT molecular complexity index is 1230. The van der Waals surface area contributed by atoms with Crippen LogP contribution in [-0.4, -0.2) is 55.1 Å². The maximum absolute atomic E-state index is 12.9. The lowest BCUT2D eigenvalue weighted by Crippen LogP contribution is -2.40. The van der Waals surface area contributed by atoms with E-state index in [0.29, 0.717) is 58.3 Å². The minimum absolute atomic E-state index is 0.0748. The van der Waals surface area contributed by atoms with Crippen LogP contribution in [0.15, 0.2) is 41.4 Å². The SMILES string of the molecule is Cc1nc(-c2cc(S(=O)(=O)Nc3cccc(Cl)c3)cn2C)sc1C(=O)N1CCOCC1. The van der Waals surface area contributed by atoms with Crippen LogP contribution >= 0.6 is 22.9 Å². The van der Waals surface area contributed by atoms with Gasteiger partial charge in [-0.25, -0.2) is 13.4 Å². The molecule has 0 radical (unpaired) electrons. The van der Waals surface area contributed by atoms with Crippen molar-refractivity contribution < 1.29 is 17.9 Å². The van der Waals surface area contributed by atoms with Crippen molar-refractivity contribution in [3.05, 3.63) is 52.1 Å². The number of sulfonamides is 1. The molecule has 3 heterocycles. The van der Waals surface area contributed by atoms with Gasteiger partial charge in [-0.2, -0.15) is 0 Å². The third-order valence-corrected chi connectivity index (χ3v) is 7.63. The fourth-order valence-corrected chi connectivity index (χ4v) is 5.68. The molecule has 4 rings (SSSR count). The predicted molar refractivity (Wildman–Crippen MR) is 120 cm³/mol. The van der Waals surface area contributed by atoms with Crippen LogP contribution in [0, 0.1) is 6.92 Å².